The van der Waals surface area contributed by atoms with Crippen molar-refractivity contribution in [2.45, 2.75) is 25.0 Å². The molecule has 24 heavy (non-hydrogen) atoms. The van der Waals surface area contributed by atoms with Crippen LogP contribution in [0.4, 0.5) is 0 Å². The van der Waals surface area contributed by atoms with Crippen molar-refractivity contribution in [2.75, 3.05) is 53.4 Å². The van der Waals surface area contributed by atoms with Gasteiger partial charge in [0, 0.05) is 45.3 Å². The van der Waals surface area contributed by atoms with Gasteiger partial charge in [-0.2, -0.15) is 0 Å². The Balaban J connectivity index is 1.34. The van der Waals surface area contributed by atoms with Crippen molar-refractivity contribution in [2.24, 2.45) is 5.92 Å². The van der Waals surface area contributed by atoms with Crippen LogP contribution in [0.2, 0.25) is 0 Å². The van der Waals surface area contributed by atoms with Crippen molar-refractivity contribution >= 4 is 5.91 Å². The van der Waals surface area contributed by atoms with Gasteiger partial charge in [0.15, 0.2) is 0 Å². The van der Waals surface area contributed by atoms with E-state index in [9.17, 15) is 4.79 Å². The van der Waals surface area contributed by atoms with E-state index in [1.54, 1.807) is 6.26 Å². The van der Waals surface area contributed by atoms with Crippen LogP contribution >= 0.6 is 0 Å². The number of piperazine rings is 1. The first-order chi connectivity index (χ1) is 11.6. The molecular formula is C18H28N4O2. The summed E-state index contributed by atoms with van der Waals surface area (Å²) in [5, 5.41) is 0. The van der Waals surface area contributed by atoms with Crippen molar-refractivity contribution in [3.63, 3.8) is 0 Å². The van der Waals surface area contributed by atoms with E-state index in [1.165, 1.54) is 0 Å². The van der Waals surface area contributed by atoms with E-state index in [2.05, 4.69) is 33.7 Å². The van der Waals surface area contributed by atoms with Gasteiger partial charge in [0.2, 0.25) is 5.91 Å². The number of likely N-dealkylation sites (tertiary alicyclic amines) is 2. The fraction of sp³-hybridized carbons (Fsp3) is 0.722. The standard InChI is InChI=1S/C18H28N4O2/c1-19-5-7-22(8-6-19)18(23)16-10-14-11-21(13-17(14)20(16)2)12-15-4-3-9-24-15/h3-4,9,14,16-17H,5-8,10-13H2,1-2H3/t14-,16-,17+/m1/s1. The van der Waals surface area contributed by atoms with Crippen LogP contribution in [-0.4, -0.2) is 91.0 Å². The molecule has 3 aliphatic rings. The summed E-state index contributed by atoms with van der Waals surface area (Å²) < 4.78 is 5.47. The third-order valence-electron chi connectivity index (χ3n) is 6.08. The predicted molar refractivity (Wildman–Crippen MR) is 91.5 cm³/mol. The molecule has 3 fully saturated rings. The Hall–Kier alpha value is -1.37. The lowest BCUT2D eigenvalue weighted by molar-refractivity contribution is -0.137. The van der Waals surface area contributed by atoms with Crippen LogP contribution in [0, 0.1) is 5.92 Å². The quantitative estimate of drug-likeness (QED) is 0.809. The first-order valence-electron chi connectivity index (χ1n) is 9.06. The highest BCUT2D eigenvalue weighted by Crippen LogP contribution is 2.36. The number of amides is 1. The van der Waals surface area contributed by atoms with Gasteiger partial charge in [-0.3, -0.25) is 14.6 Å². The summed E-state index contributed by atoms with van der Waals surface area (Å²) in [5.74, 6) is 1.98. The van der Waals surface area contributed by atoms with Crippen LogP contribution in [0.25, 0.3) is 0 Å². The Bertz CT molecular complexity index is 568. The number of likely N-dealkylation sites (N-methyl/N-ethyl adjacent to an activating group) is 2. The van der Waals surface area contributed by atoms with Gasteiger partial charge in [-0.15, -0.1) is 0 Å². The number of fused-ring (bicyclic) bond motifs is 1. The van der Waals surface area contributed by atoms with Crippen LogP contribution in [0.3, 0.4) is 0 Å². The van der Waals surface area contributed by atoms with Crippen LogP contribution in [-0.2, 0) is 11.3 Å². The van der Waals surface area contributed by atoms with E-state index in [1.807, 2.05) is 12.1 Å². The maximum absolute atomic E-state index is 12.9. The van der Waals surface area contributed by atoms with Crippen molar-refractivity contribution in [1.29, 1.82) is 0 Å². The highest BCUT2D eigenvalue weighted by atomic mass is 16.3. The molecule has 4 heterocycles. The predicted octanol–water partition coefficient (Wildman–Crippen LogP) is 0.558. The summed E-state index contributed by atoms with van der Waals surface area (Å²) in [7, 11) is 4.27. The minimum absolute atomic E-state index is 0.0779. The first kappa shape index (κ1) is 16.1. The molecule has 0 aliphatic carbocycles. The number of carbonyl (C=O) groups excluding carboxylic acids is 1. The van der Waals surface area contributed by atoms with Gasteiger partial charge in [0.05, 0.1) is 18.8 Å². The monoisotopic (exact) mass is 332 g/mol. The van der Waals surface area contributed by atoms with Gasteiger partial charge in [-0.05, 0) is 38.6 Å². The number of hydrogen-bond acceptors (Lipinski definition) is 5. The minimum atomic E-state index is 0.0779. The van der Waals surface area contributed by atoms with Gasteiger partial charge in [0.25, 0.3) is 0 Å². The molecule has 0 radical (unpaired) electrons. The third-order valence-corrected chi connectivity index (χ3v) is 6.08. The second kappa shape index (κ2) is 6.50. The molecule has 0 saturated carbocycles. The molecule has 3 aliphatic heterocycles. The van der Waals surface area contributed by atoms with Crippen LogP contribution in [0.5, 0.6) is 0 Å². The lowest BCUT2D eigenvalue weighted by Crippen LogP contribution is -2.53. The molecule has 0 spiro atoms. The Kier molecular flexibility index (Phi) is 4.37. The number of furan rings is 1. The fourth-order valence-electron chi connectivity index (χ4n) is 4.58. The smallest absolute Gasteiger partial charge is 0.240 e. The molecule has 1 amide bonds. The van der Waals surface area contributed by atoms with Crippen LogP contribution in [0.15, 0.2) is 22.8 Å². The molecule has 3 atom stereocenters. The SMILES string of the molecule is CN1CCN(C(=O)[C@H]2C[C@@H]3CN(Cc4ccco4)C[C@@H]3N2C)CC1. The highest BCUT2D eigenvalue weighted by molar-refractivity contribution is 5.82. The maximum Gasteiger partial charge on any atom is 0.240 e. The molecule has 3 saturated heterocycles. The molecule has 6 heteroatoms. The fourth-order valence-corrected chi connectivity index (χ4v) is 4.58. The average Bonchev–Trinajstić information content (AvgIpc) is 3.27. The Morgan fingerprint density at radius 1 is 1.21 bits per heavy atom. The third kappa shape index (κ3) is 2.98. The second-order valence-corrected chi connectivity index (χ2v) is 7.65. The molecule has 1 aromatic heterocycles. The van der Waals surface area contributed by atoms with Gasteiger partial charge >= 0.3 is 0 Å². The normalized spacial score (nSPS) is 32.4. The first-order valence-corrected chi connectivity index (χ1v) is 9.06. The van der Waals surface area contributed by atoms with E-state index < -0.39 is 0 Å². The number of nitrogens with zero attached hydrogens (tertiary/aromatic N) is 4. The molecule has 0 aromatic carbocycles. The zero-order valence-electron chi connectivity index (χ0n) is 14.7. The number of hydrogen-bond donors (Lipinski definition) is 0. The van der Waals surface area contributed by atoms with Crippen molar-refractivity contribution in [3.8, 4) is 0 Å². The largest absolute Gasteiger partial charge is 0.468 e. The van der Waals surface area contributed by atoms with E-state index in [0.29, 0.717) is 17.9 Å². The zero-order valence-corrected chi connectivity index (χ0v) is 14.7. The molecule has 4 rings (SSSR count). The van der Waals surface area contributed by atoms with Gasteiger partial charge in [-0.25, -0.2) is 0 Å². The molecule has 0 unspecified atom stereocenters. The summed E-state index contributed by atoms with van der Waals surface area (Å²) in [6.07, 6.45) is 2.74. The lowest BCUT2D eigenvalue weighted by Gasteiger charge is -2.36. The summed E-state index contributed by atoms with van der Waals surface area (Å²) in [6.45, 7) is 6.72. The van der Waals surface area contributed by atoms with Gasteiger partial charge in [0.1, 0.15) is 5.76 Å². The molecule has 6 nitrogen and oxygen atoms in total. The van der Waals surface area contributed by atoms with E-state index in [4.69, 9.17) is 4.42 Å². The number of carbonyl (C=O) groups is 1. The average molecular weight is 332 g/mol. The summed E-state index contributed by atoms with van der Waals surface area (Å²) in [5.41, 5.74) is 0. The summed E-state index contributed by atoms with van der Waals surface area (Å²) in [4.78, 5) is 22.1. The molecule has 1 aromatic rings. The van der Waals surface area contributed by atoms with Crippen molar-refractivity contribution < 1.29 is 9.21 Å². The maximum atomic E-state index is 12.9. The van der Waals surface area contributed by atoms with E-state index in [0.717, 1.165) is 58.0 Å². The zero-order chi connectivity index (χ0) is 16.7. The summed E-state index contributed by atoms with van der Waals surface area (Å²) >= 11 is 0. The molecule has 132 valence electrons. The lowest BCUT2D eigenvalue weighted by atomic mass is 10.0. The van der Waals surface area contributed by atoms with Crippen molar-refractivity contribution in [1.82, 2.24) is 19.6 Å². The van der Waals surface area contributed by atoms with Gasteiger partial charge < -0.3 is 14.2 Å². The van der Waals surface area contributed by atoms with Crippen molar-refractivity contribution in [3.05, 3.63) is 24.2 Å². The second-order valence-electron chi connectivity index (χ2n) is 7.65. The van der Waals surface area contributed by atoms with Crippen LogP contribution in [0.1, 0.15) is 12.2 Å². The Morgan fingerprint density at radius 2 is 2.00 bits per heavy atom. The molecule has 0 bridgehead atoms. The minimum Gasteiger partial charge on any atom is -0.468 e. The Labute approximate surface area is 144 Å². The van der Waals surface area contributed by atoms with Crippen LogP contribution < -0.4 is 0 Å². The Morgan fingerprint density at radius 3 is 2.67 bits per heavy atom. The topological polar surface area (TPSA) is 43.2 Å². The summed E-state index contributed by atoms with van der Waals surface area (Å²) in [6, 6.07) is 4.57. The van der Waals surface area contributed by atoms with E-state index in [-0.39, 0.29) is 6.04 Å². The molecular weight excluding hydrogens is 304 g/mol. The van der Waals surface area contributed by atoms with E-state index >= 15 is 0 Å². The number of rotatable bonds is 3. The highest BCUT2D eigenvalue weighted by Gasteiger charge is 2.48. The molecule has 0 N–H and O–H groups in total. The van der Waals surface area contributed by atoms with Gasteiger partial charge in [-0.1, -0.05) is 0 Å².